The summed E-state index contributed by atoms with van der Waals surface area (Å²) < 4.78 is 42.2. The summed E-state index contributed by atoms with van der Waals surface area (Å²) in [4.78, 5) is 1.81. The maximum atomic E-state index is 12.3. The smallest absolute Gasteiger partial charge is 0.445 e. The average Bonchev–Trinajstić information content (AvgIpc) is 2.17. The fourth-order valence-corrected chi connectivity index (χ4v) is 1.64. The third-order valence-corrected chi connectivity index (χ3v) is 2.69. The number of morpholine rings is 1. The van der Waals surface area contributed by atoms with Gasteiger partial charge in [0.05, 0.1) is 13.2 Å². The van der Waals surface area contributed by atoms with Gasteiger partial charge in [0, 0.05) is 12.6 Å². The molecule has 7 heteroatoms. The van der Waals surface area contributed by atoms with E-state index in [0.717, 1.165) is 6.42 Å². The Bertz CT molecular complexity index is 237. The maximum Gasteiger partial charge on any atom is 1.00 e. The van der Waals surface area contributed by atoms with Crippen molar-refractivity contribution in [3.63, 3.8) is 0 Å². The molecule has 0 aromatic heterocycles. The zero-order valence-electron chi connectivity index (χ0n) is 9.89. The number of halogens is 3. The molecular formula is C9H16BF3KNO. The van der Waals surface area contributed by atoms with Crippen molar-refractivity contribution in [3.8, 4) is 0 Å². The van der Waals surface area contributed by atoms with E-state index in [1.54, 1.807) is 4.90 Å². The summed E-state index contributed by atoms with van der Waals surface area (Å²) >= 11 is 0. The molecular weight excluding hydrogens is 245 g/mol. The molecule has 0 bridgehead atoms. The second-order valence-electron chi connectivity index (χ2n) is 3.84. The van der Waals surface area contributed by atoms with Crippen LogP contribution in [0.15, 0.2) is 12.1 Å². The average molecular weight is 261 g/mol. The number of rotatable bonds is 4. The molecule has 2 nitrogen and oxygen atoms in total. The summed E-state index contributed by atoms with van der Waals surface area (Å²) in [5.41, 5.74) is -0.615. The van der Waals surface area contributed by atoms with Gasteiger partial charge in [0.15, 0.2) is 0 Å². The summed E-state index contributed by atoms with van der Waals surface area (Å²) in [6.45, 7) is 1.67. The van der Waals surface area contributed by atoms with Gasteiger partial charge in [-0.25, -0.2) is 0 Å². The molecule has 0 saturated carbocycles. The molecule has 1 aliphatic heterocycles. The largest absolute Gasteiger partial charge is 1.00 e. The van der Waals surface area contributed by atoms with Gasteiger partial charge in [0.25, 0.3) is 0 Å². The molecule has 1 heterocycles. The number of hydrogen-bond donors (Lipinski definition) is 0. The van der Waals surface area contributed by atoms with Crippen LogP contribution in [-0.4, -0.2) is 44.2 Å². The van der Waals surface area contributed by atoms with Gasteiger partial charge < -0.3 is 17.7 Å². The normalized spacial score (nSPS) is 22.6. The van der Waals surface area contributed by atoms with Crippen LogP contribution in [0.3, 0.4) is 0 Å². The third kappa shape index (κ3) is 5.20. The first-order chi connectivity index (χ1) is 6.95. The Morgan fingerprint density at radius 2 is 2.12 bits per heavy atom. The zero-order valence-corrected chi connectivity index (χ0v) is 13.0. The van der Waals surface area contributed by atoms with Crippen molar-refractivity contribution in [2.24, 2.45) is 0 Å². The number of hydrogen-bond acceptors (Lipinski definition) is 2. The van der Waals surface area contributed by atoms with Crippen LogP contribution in [-0.2, 0) is 4.74 Å². The van der Waals surface area contributed by atoms with Crippen molar-refractivity contribution in [2.75, 3.05) is 26.3 Å². The van der Waals surface area contributed by atoms with Crippen molar-refractivity contribution in [1.29, 1.82) is 0 Å². The Hall–Kier alpha value is 1.15. The van der Waals surface area contributed by atoms with Crippen LogP contribution in [0.2, 0.25) is 0 Å². The summed E-state index contributed by atoms with van der Waals surface area (Å²) in [7, 11) is 0. The minimum Gasteiger partial charge on any atom is -0.445 e. The van der Waals surface area contributed by atoms with E-state index < -0.39 is 12.4 Å². The SMILES string of the molecule is C=C(CN1CCOCC1CC)[B-](F)(F)F.[K+]. The Labute approximate surface area is 137 Å². The molecule has 1 atom stereocenters. The van der Waals surface area contributed by atoms with E-state index in [9.17, 15) is 12.9 Å². The molecule has 1 aliphatic rings. The first kappa shape index (κ1) is 17.2. The molecule has 0 radical (unpaired) electrons. The second-order valence-corrected chi connectivity index (χ2v) is 3.84. The van der Waals surface area contributed by atoms with E-state index in [0.29, 0.717) is 19.8 Å². The molecule has 1 rings (SSSR count). The van der Waals surface area contributed by atoms with Gasteiger partial charge in [-0.15, -0.1) is 12.1 Å². The summed E-state index contributed by atoms with van der Waals surface area (Å²) in [5, 5.41) is 0. The van der Waals surface area contributed by atoms with Crippen molar-refractivity contribution in [2.45, 2.75) is 19.4 Å². The summed E-state index contributed by atoms with van der Waals surface area (Å²) in [5.74, 6) is 0. The molecule has 1 saturated heterocycles. The van der Waals surface area contributed by atoms with Crippen LogP contribution in [0.1, 0.15) is 13.3 Å². The molecule has 16 heavy (non-hydrogen) atoms. The minimum absolute atomic E-state index is 0. The van der Waals surface area contributed by atoms with Gasteiger partial charge in [0.2, 0.25) is 0 Å². The zero-order chi connectivity index (χ0) is 11.5. The Balaban J connectivity index is 0.00000225. The van der Waals surface area contributed by atoms with Crippen molar-refractivity contribution < 1.29 is 69.1 Å². The third-order valence-electron chi connectivity index (χ3n) is 2.69. The first-order valence-electron chi connectivity index (χ1n) is 5.14. The summed E-state index contributed by atoms with van der Waals surface area (Å²) in [6.07, 6.45) is 0.804. The summed E-state index contributed by atoms with van der Waals surface area (Å²) in [6, 6.07) is 0.0913. The predicted octanol–water partition coefficient (Wildman–Crippen LogP) is -0.956. The van der Waals surface area contributed by atoms with E-state index in [4.69, 9.17) is 4.74 Å². The minimum atomic E-state index is -4.90. The number of nitrogens with zero attached hydrogens (tertiary/aromatic N) is 1. The molecule has 0 spiro atoms. The topological polar surface area (TPSA) is 12.5 Å². The molecule has 1 fully saturated rings. The molecule has 1 unspecified atom stereocenters. The van der Waals surface area contributed by atoms with Crippen molar-refractivity contribution in [3.05, 3.63) is 12.1 Å². The van der Waals surface area contributed by atoms with Gasteiger partial charge in [-0.1, -0.05) is 6.92 Å². The van der Waals surface area contributed by atoms with Crippen LogP contribution in [0.5, 0.6) is 0 Å². The van der Waals surface area contributed by atoms with Crippen LogP contribution in [0.25, 0.3) is 0 Å². The fraction of sp³-hybridized carbons (Fsp3) is 0.778. The molecule has 0 aromatic rings. The Kier molecular flexibility index (Phi) is 8.10. The van der Waals surface area contributed by atoms with Crippen LogP contribution >= 0.6 is 0 Å². The van der Waals surface area contributed by atoms with Crippen LogP contribution in [0.4, 0.5) is 12.9 Å². The second kappa shape index (κ2) is 7.56. The predicted molar refractivity (Wildman–Crippen MR) is 54.7 cm³/mol. The van der Waals surface area contributed by atoms with Crippen LogP contribution < -0.4 is 51.4 Å². The monoisotopic (exact) mass is 261 g/mol. The molecule has 0 aromatic carbocycles. The van der Waals surface area contributed by atoms with Gasteiger partial charge in [-0.05, 0) is 13.0 Å². The molecule has 0 aliphatic carbocycles. The molecule has 0 amide bonds. The maximum absolute atomic E-state index is 12.3. The van der Waals surface area contributed by atoms with E-state index in [-0.39, 0.29) is 64.0 Å². The quantitative estimate of drug-likeness (QED) is 0.605. The van der Waals surface area contributed by atoms with E-state index in [1.807, 2.05) is 6.92 Å². The fourth-order valence-electron chi connectivity index (χ4n) is 1.64. The van der Waals surface area contributed by atoms with Crippen LogP contribution in [0, 0.1) is 0 Å². The van der Waals surface area contributed by atoms with Gasteiger partial charge in [-0.3, -0.25) is 4.90 Å². The van der Waals surface area contributed by atoms with Gasteiger partial charge in [-0.2, -0.15) is 0 Å². The van der Waals surface area contributed by atoms with Crippen molar-refractivity contribution >= 4 is 6.98 Å². The van der Waals surface area contributed by atoms with E-state index >= 15 is 0 Å². The first-order valence-corrected chi connectivity index (χ1v) is 5.14. The Morgan fingerprint density at radius 1 is 1.50 bits per heavy atom. The molecule has 0 N–H and O–H groups in total. The van der Waals surface area contributed by atoms with Gasteiger partial charge >= 0.3 is 58.4 Å². The van der Waals surface area contributed by atoms with E-state index in [1.165, 1.54) is 0 Å². The van der Waals surface area contributed by atoms with Gasteiger partial charge in [0.1, 0.15) is 0 Å². The van der Waals surface area contributed by atoms with Crippen molar-refractivity contribution in [1.82, 2.24) is 4.90 Å². The molecule has 88 valence electrons. The van der Waals surface area contributed by atoms with E-state index in [2.05, 4.69) is 6.58 Å². The number of ether oxygens (including phenoxy) is 1. The standard InChI is InChI=1S/C9H16BF3NO.K/c1-3-9-7-15-5-4-14(9)6-8(2)10(11,12)13;/h9H,2-7H2,1H3;/q-1;+1. The Morgan fingerprint density at radius 3 is 2.62 bits per heavy atom.